The molecule has 0 spiro atoms. The van der Waals surface area contributed by atoms with Gasteiger partial charge in [0.15, 0.2) is 0 Å². The van der Waals surface area contributed by atoms with E-state index in [1.165, 1.54) is 0 Å². The number of rotatable bonds is 4. The molecular weight excluding hydrogens is 140 g/mol. The lowest BCUT2D eigenvalue weighted by Gasteiger charge is -1.88. The molecule has 10 heavy (non-hydrogen) atoms. The molecule has 5 nitrogen and oxygen atoms in total. The van der Waals surface area contributed by atoms with Crippen molar-refractivity contribution in [2.24, 2.45) is 0 Å². The van der Waals surface area contributed by atoms with E-state index in [-0.39, 0.29) is 0 Å². The van der Waals surface area contributed by atoms with Crippen LogP contribution in [0.15, 0.2) is 0 Å². The molecule has 0 aromatic carbocycles. The van der Waals surface area contributed by atoms with Crippen LogP contribution < -0.4 is 0 Å². The number of ketones is 1. The van der Waals surface area contributed by atoms with Gasteiger partial charge in [-0.25, -0.2) is 4.79 Å². The van der Waals surface area contributed by atoms with Gasteiger partial charge in [-0.2, -0.15) is 0 Å². The van der Waals surface area contributed by atoms with Gasteiger partial charge in [-0.1, -0.05) is 0 Å². The van der Waals surface area contributed by atoms with Crippen molar-refractivity contribution in [2.75, 3.05) is 0 Å². The number of hydrogen-bond donors (Lipinski definition) is 2. The zero-order valence-corrected chi connectivity index (χ0v) is 4.54. The molecule has 0 aromatic rings. The predicted molar refractivity (Wildman–Crippen MR) is 29.5 cm³/mol. The highest BCUT2D eigenvalue weighted by molar-refractivity contribution is 6.32. The van der Waals surface area contributed by atoms with Gasteiger partial charge in [0.2, 0.25) is 5.78 Å². The van der Waals surface area contributed by atoms with Crippen LogP contribution in [0.1, 0.15) is 18.2 Å². The van der Waals surface area contributed by atoms with Gasteiger partial charge in [0.1, 0.15) is 0 Å². The highest BCUT2D eigenvalue weighted by Crippen LogP contribution is 1.89. The van der Waals surface area contributed by atoms with Crippen molar-refractivity contribution in [1.29, 1.82) is 2.86 Å². The summed E-state index contributed by atoms with van der Waals surface area (Å²) in [6.45, 7) is 0. The van der Waals surface area contributed by atoms with E-state index in [1.54, 1.807) is 0 Å². The summed E-state index contributed by atoms with van der Waals surface area (Å²) < 4.78 is 40.0. The maximum absolute atomic E-state index is 11.0. The number of carboxylic acid groups (broad SMARTS) is 2. The monoisotopic (exact) mass is 152 g/mol. The number of carbonyl (C=O) groups is 3. The lowest BCUT2D eigenvalue weighted by molar-refractivity contribution is -0.149. The standard InChI is InChI=1S/C5H6O5/c6-3(5(9)10)1-2-4(7)8/h1-2H2,(H,7,8)(H,9,10)/i1D2,2D2/hD2. The fourth-order valence-electron chi connectivity index (χ4n) is 0.159. The average Bonchev–Trinajstić information content (AvgIpc) is 2.25. The third-order valence-corrected chi connectivity index (χ3v) is 0.463. The Balaban J connectivity index is 5.26. The second kappa shape index (κ2) is 3.60. The molecule has 5 heteroatoms. The average molecular weight is 152 g/mol. The predicted octanol–water partition coefficient (Wildman–Crippen LogP) is -0.495. The molecule has 0 unspecified atom stereocenters. The molecule has 0 aliphatic rings. The largest absolute Gasteiger partial charge is 0.481 e. The SMILES string of the molecule is [2H]OC(=O)C(=O)C([2H])([2H])C([2H])([2H])C(=O)O[2H]. The summed E-state index contributed by atoms with van der Waals surface area (Å²) in [6.07, 6.45) is -7.14. The topological polar surface area (TPSA) is 91.7 Å². The first kappa shape index (κ1) is 2.69. The first-order valence-electron chi connectivity index (χ1n) is 4.84. The molecule has 0 amide bonds. The minimum absolute atomic E-state index is 1.97. The van der Waals surface area contributed by atoms with Gasteiger partial charge in [-0.3, -0.25) is 9.59 Å². The summed E-state index contributed by atoms with van der Waals surface area (Å²) in [7, 11) is 0. The smallest absolute Gasteiger partial charge is 0.372 e. The fraction of sp³-hybridized carbons (Fsp3) is 0.400. The summed E-state index contributed by atoms with van der Waals surface area (Å²) in [5.41, 5.74) is 0. The Morgan fingerprint density at radius 2 is 2.00 bits per heavy atom. The molecule has 2 N–H and O–H groups in total. The summed E-state index contributed by atoms with van der Waals surface area (Å²) in [5, 5.41) is 6.37. The van der Waals surface area contributed by atoms with Crippen LogP contribution in [0, 0.1) is 0 Å². The van der Waals surface area contributed by atoms with Crippen molar-refractivity contribution in [3.05, 3.63) is 0 Å². The molecule has 0 atom stereocenters. The Morgan fingerprint density at radius 1 is 1.30 bits per heavy atom. The van der Waals surface area contributed by atoms with Crippen LogP contribution in [0.4, 0.5) is 0 Å². The van der Waals surface area contributed by atoms with Gasteiger partial charge in [0, 0.05) is 11.9 Å². The number of hydrogen-bond acceptors (Lipinski definition) is 5. The van der Waals surface area contributed by atoms with Gasteiger partial charge in [-0.05, 0) is 0 Å². The van der Waals surface area contributed by atoms with Crippen LogP contribution in [0.5, 0.6) is 0 Å². The van der Waals surface area contributed by atoms with Crippen molar-refractivity contribution >= 4 is 17.7 Å². The Hall–Kier alpha value is -1.39. The second-order valence-electron chi connectivity index (χ2n) is 1.15. The summed E-state index contributed by atoms with van der Waals surface area (Å²) in [5.74, 6) is -6.01. The lowest BCUT2D eigenvalue weighted by Crippen LogP contribution is -2.13. The minimum Gasteiger partial charge on any atom is -0.481 e. The quantitative estimate of drug-likeness (QED) is 0.530. The molecule has 0 fully saturated rings. The van der Waals surface area contributed by atoms with Gasteiger partial charge in [0.05, 0.1) is 6.37 Å². The van der Waals surface area contributed by atoms with E-state index in [0.717, 1.165) is 0 Å². The van der Waals surface area contributed by atoms with Gasteiger partial charge < -0.3 is 10.2 Å². The fourth-order valence-corrected chi connectivity index (χ4v) is 0.159. The van der Waals surface area contributed by atoms with Gasteiger partial charge >= 0.3 is 11.9 Å². The maximum Gasteiger partial charge on any atom is 0.372 e. The van der Waals surface area contributed by atoms with Crippen LogP contribution >= 0.6 is 0 Å². The molecule has 0 saturated carbocycles. The highest BCUT2D eigenvalue weighted by Gasteiger charge is 2.12. The molecular formula is C5H6O5. The summed E-state index contributed by atoms with van der Waals surface area (Å²) >= 11 is 0. The molecule has 0 aromatic heterocycles. The van der Waals surface area contributed by atoms with Crippen molar-refractivity contribution < 1.29 is 30.1 Å². The van der Waals surface area contributed by atoms with Crippen LogP contribution in [-0.4, -0.2) is 27.9 Å². The third kappa shape index (κ3) is 3.59. The first-order valence-corrected chi connectivity index (χ1v) is 2.02. The molecule has 0 bridgehead atoms. The minimum atomic E-state index is -3.59. The van der Waals surface area contributed by atoms with Crippen LogP contribution in [0.3, 0.4) is 0 Å². The second-order valence-corrected chi connectivity index (χ2v) is 1.15. The van der Waals surface area contributed by atoms with E-state index in [0.29, 0.717) is 0 Å². The molecule has 0 heterocycles. The number of carbonyl (C=O) groups excluding carboxylic acids is 1. The van der Waals surface area contributed by atoms with Crippen molar-refractivity contribution in [3.63, 3.8) is 0 Å². The number of Topliss-reactive ketones (excluding diaryl/α,β-unsaturated/α-hetero) is 1. The molecule has 0 radical (unpaired) electrons. The van der Waals surface area contributed by atoms with E-state index >= 15 is 0 Å². The third-order valence-electron chi connectivity index (χ3n) is 0.463. The van der Waals surface area contributed by atoms with Crippen molar-refractivity contribution in [3.8, 4) is 0 Å². The normalized spacial score (nSPS) is 19.6. The number of carboxylic acids is 2. The Morgan fingerprint density at radius 3 is 2.50 bits per heavy atom. The van der Waals surface area contributed by atoms with Crippen LogP contribution in [-0.2, 0) is 14.4 Å². The molecule has 0 saturated heterocycles. The molecule has 0 rings (SSSR count). The Kier molecular flexibility index (Phi) is 0.969. The highest BCUT2D eigenvalue weighted by atomic mass is 16.4. The number of aliphatic carboxylic acids is 2. The van der Waals surface area contributed by atoms with Gasteiger partial charge in [-0.15, -0.1) is 0 Å². The zero-order chi connectivity index (χ0) is 13.1. The van der Waals surface area contributed by atoms with E-state index < -0.39 is 30.5 Å². The molecule has 0 aliphatic carbocycles. The van der Waals surface area contributed by atoms with E-state index in [4.69, 9.17) is 8.35 Å². The summed E-state index contributed by atoms with van der Waals surface area (Å²) in [4.78, 5) is 32.3. The molecule has 56 valence electrons. The lowest BCUT2D eigenvalue weighted by atomic mass is 10.2. The Labute approximate surface area is 64.9 Å². The van der Waals surface area contributed by atoms with Crippen LogP contribution in [0.2, 0.25) is 0 Å². The van der Waals surface area contributed by atoms with Crippen LogP contribution in [0.25, 0.3) is 2.86 Å². The van der Waals surface area contributed by atoms with E-state index in [2.05, 4.69) is 10.2 Å². The first-order chi connectivity index (χ1) is 7.12. The van der Waals surface area contributed by atoms with Crippen molar-refractivity contribution in [1.82, 2.24) is 0 Å². The zero-order valence-electron chi connectivity index (χ0n) is 10.5. The molecule has 0 aliphatic heterocycles. The summed E-state index contributed by atoms with van der Waals surface area (Å²) in [6, 6.07) is 0. The van der Waals surface area contributed by atoms with Gasteiger partial charge in [0.25, 0.3) is 2.86 Å². The van der Waals surface area contributed by atoms with Crippen molar-refractivity contribution in [2.45, 2.75) is 12.7 Å². The van der Waals surface area contributed by atoms with E-state index in [9.17, 15) is 14.4 Å². The maximum atomic E-state index is 11.0. The van der Waals surface area contributed by atoms with E-state index in [1.807, 2.05) is 0 Å². The Bertz CT molecular complexity index is 325.